The predicted octanol–water partition coefficient (Wildman–Crippen LogP) is 4.89. The van der Waals surface area contributed by atoms with E-state index >= 15 is 0 Å². The Kier molecular flexibility index (Phi) is 6.35. The summed E-state index contributed by atoms with van der Waals surface area (Å²) in [5.74, 6) is -0.0369. The highest BCUT2D eigenvalue weighted by atomic mass is 32.2. The molecule has 0 spiro atoms. The molecule has 0 unspecified atom stereocenters. The van der Waals surface area contributed by atoms with E-state index in [2.05, 4.69) is 5.32 Å². The first-order chi connectivity index (χ1) is 13.1. The lowest BCUT2D eigenvalue weighted by atomic mass is 10.1. The predicted molar refractivity (Wildman–Crippen MR) is 113 cm³/mol. The molecule has 0 radical (unpaired) electrons. The van der Waals surface area contributed by atoms with Crippen molar-refractivity contribution < 1.29 is 9.59 Å². The number of nitrogens with zero attached hydrogens (tertiary/aromatic N) is 1. The van der Waals surface area contributed by atoms with Crippen molar-refractivity contribution in [2.45, 2.75) is 31.1 Å². The van der Waals surface area contributed by atoms with Crippen molar-refractivity contribution in [1.82, 2.24) is 0 Å². The second-order valence-electron chi connectivity index (χ2n) is 6.60. The molecule has 27 heavy (non-hydrogen) atoms. The molecule has 2 amide bonds. The molecule has 0 aliphatic carbocycles. The third-order valence-corrected chi connectivity index (χ3v) is 5.38. The largest absolute Gasteiger partial charge is 0.322 e. The SMILES string of the molecule is CSc1ccc(/C=C/C(=O)Nc2ccc(C)c(N3CCCCC3=O)c2)cc1. The molecule has 0 bridgehead atoms. The van der Waals surface area contributed by atoms with E-state index in [9.17, 15) is 9.59 Å². The number of aryl methyl sites for hydroxylation is 1. The summed E-state index contributed by atoms with van der Waals surface area (Å²) in [5, 5.41) is 2.89. The quantitative estimate of drug-likeness (QED) is 0.594. The average Bonchev–Trinajstić information content (AvgIpc) is 2.69. The van der Waals surface area contributed by atoms with Crippen LogP contribution in [0.3, 0.4) is 0 Å². The van der Waals surface area contributed by atoms with E-state index < -0.39 is 0 Å². The fourth-order valence-corrected chi connectivity index (χ4v) is 3.52. The number of rotatable bonds is 5. The highest BCUT2D eigenvalue weighted by molar-refractivity contribution is 7.98. The van der Waals surface area contributed by atoms with Gasteiger partial charge in [0.1, 0.15) is 0 Å². The zero-order valence-electron chi connectivity index (χ0n) is 15.7. The number of hydrogen-bond acceptors (Lipinski definition) is 3. The van der Waals surface area contributed by atoms with Crippen LogP contribution in [0.25, 0.3) is 6.08 Å². The minimum Gasteiger partial charge on any atom is -0.322 e. The second kappa shape index (κ2) is 8.91. The van der Waals surface area contributed by atoms with Gasteiger partial charge < -0.3 is 10.2 Å². The van der Waals surface area contributed by atoms with Gasteiger partial charge in [0.2, 0.25) is 11.8 Å². The van der Waals surface area contributed by atoms with Crippen molar-refractivity contribution in [2.75, 3.05) is 23.0 Å². The average molecular weight is 381 g/mol. The molecule has 1 aliphatic heterocycles. The summed E-state index contributed by atoms with van der Waals surface area (Å²) in [5.41, 5.74) is 3.59. The molecule has 1 aliphatic rings. The van der Waals surface area contributed by atoms with Gasteiger partial charge in [-0.2, -0.15) is 0 Å². The van der Waals surface area contributed by atoms with Crippen molar-refractivity contribution in [2.24, 2.45) is 0 Å². The van der Waals surface area contributed by atoms with E-state index in [0.717, 1.165) is 36.2 Å². The van der Waals surface area contributed by atoms with E-state index in [1.165, 1.54) is 11.0 Å². The van der Waals surface area contributed by atoms with Gasteiger partial charge >= 0.3 is 0 Å². The Morgan fingerprint density at radius 2 is 1.93 bits per heavy atom. The van der Waals surface area contributed by atoms with Crippen molar-refractivity contribution in [3.05, 3.63) is 59.7 Å². The van der Waals surface area contributed by atoms with Crippen molar-refractivity contribution in [1.29, 1.82) is 0 Å². The van der Waals surface area contributed by atoms with Gasteiger partial charge in [-0.3, -0.25) is 9.59 Å². The molecule has 140 valence electrons. The number of hydrogen-bond donors (Lipinski definition) is 1. The zero-order chi connectivity index (χ0) is 19.2. The number of carbonyl (C=O) groups excluding carboxylic acids is 2. The molecule has 0 atom stereocenters. The number of carbonyl (C=O) groups is 2. The minimum absolute atomic E-state index is 0.154. The van der Waals surface area contributed by atoms with Gasteiger partial charge in [-0.05, 0) is 67.5 Å². The third-order valence-electron chi connectivity index (χ3n) is 4.63. The smallest absolute Gasteiger partial charge is 0.248 e. The molecule has 0 aromatic heterocycles. The Morgan fingerprint density at radius 3 is 2.63 bits per heavy atom. The van der Waals surface area contributed by atoms with Crippen LogP contribution < -0.4 is 10.2 Å². The Balaban J connectivity index is 1.69. The zero-order valence-corrected chi connectivity index (χ0v) is 16.5. The standard InChI is InChI=1S/C22H24N2O2S/c1-16-6-10-18(15-20(16)24-14-4-3-5-22(24)26)23-21(25)13-9-17-7-11-19(27-2)12-8-17/h6-13,15H,3-5,14H2,1-2H3,(H,23,25)/b13-9+. The van der Waals surface area contributed by atoms with Crippen LogP contribution in [0.5, 0.6) is 0 Å². The van der Waals surface area contributed by atoms with Gasteiger partial charge in [-0.25, -0.2) is 0 Å². The van der Waals surface area contributed by atoms with Crippen LogP contribution in [0, 0.1) is 6.92 Å². The van der Waals surface area contributed by atoms with Gasteiger partial charge in [0.25, 0.3) is 0 Å². The van der Waals surface area contributed by atoms with Crippen LogP contribution >= 0.6 is 11.8 Å². The summed E-state index contributed by atoms with van der Waals surface area (Å²) in [4.78, 5) is 27.5. The fraction of sp³-hybridized carbons (Fsp3) is 0.273. The maximum Gasteiger partial charge on any atom is 0.248 e. The van der Waals surface area contributed by atoms with Gasteiger partial charge in [-0.15, -0.1) is 11.8 Å². The molecule has 2 aromatic carbocycles. The summed E-state index contributed by atoms with van der Waals surface area (Å²) in [6.07, 6.45) is 7.91. The van der Waals surface area contributed by atoms with Gasteiger partial charge in [0, 0.05) is 35.3 Å². The Bertz CT molecular complexity index is 859. The Hall–Kier alpha value is -2.53. The Labute approximate surface area is 164 Å². The van der Waals surface area contributed by atoms with Crippen molar-refractivity contribution >= 4 is 41.0 Å². The monoisotopic (exact) mass is 380 g/mol. The van der Waals surface area contributed by atoms with Crippen LogP contribution in [0.4, 0.5) is 11.4 Å². The lowest BCUT2D eigenvalue weighted by Crippen LogP contribution is -2.35. The third kappa shape index (κ3) is 5.01. The van der Waals surface area contributed by atoms with Crippen LogP contribution in [-0.2, 0) is 9.59 Å². The first kappa shape index (κ1) is 19.2. The van der Waals surface area contributed by atoms with E-state index in [1.807, 2.05) is 60.5 Å². The van der Waals surface area contributed by atoms with E-state index in [-0.39, 0.29) is 11.8 Å². The molecule has 1 fully saturated rings. The molecular formula is C22H24N2O2S. The summed E-state index contributed by atoms with van der Waals surface area (Å²) in [6, 6.07) is 13.7. The summed E-state index contributed by atoms with van der Waals surface area (Å²) < 4.78 is 0. The summed E-state index contributed by atoms with van der Waals surface area (Å²) in [6.45, 7) is 2.73. The highest BCUT2D eigenvalue weighted by Gasteiger charge is 2.21. The number of nitrogens with one attached hydrogen (secondary N) is 1. The number of amides is 2. The number of thioether (sulfide) groups is 1. The van der Waals surface area contributed by atoms with Gasteiger partial charge in [-0.1, -0.05) is 18.2 Å². The lowest BCUT2D eigenvalue weighted by molar-refractivity contribution is -0.119. The normalized spacial score (nSPS) is 14.6. The number of piperidine rings is 1. The molecule has 4 nitrogen and oxygen atoms in total. The minimum atomic E-state index is -0.191. The van der Waals surface area contributed by atoms with Crippen LogP contribution in [-0.4, -0.2) is 24.6 Å². The van der Waals surface area contributed by atoms with Crippen LogP contribution in [0.2, 0.25) is 0 Å². The van der Waals surface area contributed by atoms with Crippen molar-refractivity contribution in [3.8, 4) is 0 Å². The number of benzene rings is 2. The first-order valence-corrected chi connectivity index (χ1v) is 10.3. The van der Waals surface area contributed by atoms with Gasteiger partial charge in [0.05, 0.1) is 0 Å². The van der Waals surface area contributed by atoms with Crippen molar-refractivity contribution in [3.63, 3.8) is 0 Å². The molecule has 5 heteroatoms. The molecular weight excluding hydrogens is 356 g/mol. The summed E-state index contributed by atoms with van der Waals surface area (Å²) in [7, 11) is 0. The van der Waals surface area contributed by atoms with Crippen LogP contribution in [0.1, 0.15) is 30.4 Å². The first-order valence-electron chi connectivity index (χ1n) is 9.11. The molecule has 0 saturated carbocycles. The van der Waals surface area contributed by atoms with E-state index in [4.69, 9.17) is 0 Å². The van der Waals surface area contributed by atoms with Gasteiger partial charge in [0.15, 0.2) is 0 Å². The number of anilines is 2. The molecule has 2 aromatic rings. The maximum atomic E-state index is 12.3. The van der Waals surface area contributed by atoms with E-state index in [1.54, 1.807) is 17.8 Å². The fourth-order valence-electron chi connectivity index (χ4n) is 3.11. The molecule has 1 saturated heterocycles. The molecule has 3 rings (SSSR count). The van der Waals surface area contributed by atoms with Crippen LogP contribution in [0.15, 0.2) is 53.4 Å². The second-order valence-corrected chi connectivity index (χ2v) is 7.48. The summed E-state index contributed by atoms with van der Waals surface area (Å²) >= 11 is 1.69. The topological polar surface area (TPSA) is 49.4 Å². The molecule has 1 heterocycles. The Morgan fingerprint density at radius 1 is 1.15 bits per heavy atom. The molecule has 1 N–H and O–H groups in total. The lowest BCUT2D eigenvalue weighted by Gasteiger charge is -2.28. The highest BCUT2D eigenvalue weighted by Crippen LogP contribution is 2.27. The van der Waals surface area contributed by atoms with E-state index in [0.29, 0.717) is 12.1 Å². The maximum absolute atomic E-state index is 12.3.